The van der Waals surface area contributed by atoms with Gasteiger partial charge in [-0.3, -0.25) is 4.79 Å². The van der Waals surface area contributed by atoms with E-state index >= 15 is 0 Å². The maximum absolute atomic E-state index is 12.3. The van der Waals surface area contributed by atoms with Crippen molar-refractivity contribution in [1.82, 2.24) is 9.62 Å². The van der Waals surface area contributed by atoms with Crippen LogP contribution in [0.4, 0.5) is 0 Å². The third-order valence-electron chi connectivity index (χ3n) is 3.88. The fourth-order valence-electron chi connectivity index (χ4n) is 2.55. The average Bonchev–Trinajstić information content (AvgIpc) is 2.41. The highest BCUT2D eigenvalue weighted by Gasteiger charge is 2.39. The van der Waals surface area contributed by atoms with Gasteiger partial charge in [-0.15, -0.1) is 0 Å². The Morgan fingerprint density at radius 1 is 1.19 bits per heavy atom. The van der Waals surface area contributed by atoms with Gasteiger partial charge in [-0.25, -0.2) is 21.6 Å². The van der Waals surface area contributed by atoms with E-state index in [1.807, 2.05) is 13.8 Å². The summed E-state index contributed by atoms with van der Waals surface area (Å²) in [6.45, 7) is 3.27. The number of benzene rings is 1. The Balaban J connectivity index is 1.94. The minimum atomic E-state index is -4.07. The average molecular weight is 443 g/mol. The molecule has 1 aliphatic heterocycles. The van der Waals surface area contributed by atoms with Crippen LogP contribution >= 0.6 is 23.2 Å². The summed E-state index contributed by atoms with van der Waals surface area (Å²) in [5.41, 5.74) is 0. The quantitative estimate of drug-likeness (QED) is 0.689. The minimum Gasteiger partial charge on any atom is -0.339 e. The molecule has 146 valence electrons. The normalized spacial score (nSPS) is 16.0. The number of nitrogens with one attached hydrogen (secondary N) is 1. The van der Waals surface area contributed by atoms with Gasteiger partial charge in [0.2, 0.25) is 15.9 Å². The van der Waals surface area contributed by atoms with Crippen molar-refractivity contribution in [3.8, 4) is 0 Å². The molecule has 1 saturated heterocycles. The van der Waals surface area contributed by atoms with Crippen LogP contribution in [0.15, 0.2) is 23.1 Å². The predicted molar refractivity (Wildman–Crippen MR) is 101 cm³/mol. The number of likely N-dealkylation sites (tertiary alicyclic amines) is 1. The molecule has 2 rings (SSSR count). The van der Waals surface area contributed by atoms with Crippen molar-refractivity contribution < 1.29 is 21.6 Å². The molecule has 26 heavy (non-hydrogen) atoms. The molecule has 0 unspecified atom stereocenters. The number of hydrogen-bond donors (Lipinski definition) is 1. The Morgan fingerprint density at radius 3 is 2.23 bits per heavy atom. The maximum Gasteiger partial charge on any atom is 0.244 e. The zero-order valence-corrected chi connectivity index (χ0v) is 17.4. The summed E-state index contributed by atoms with van der Waals surface area (Å²) in [4.78, 5) is 13.1. The first-order valence-corrected chi connectivity index (χ1v) is 11.8. The number of sulfone groups is 1. The van der Waals surface area contributed by atoms with Crippen molar-refractivity contribution in [3.05, 3.63) is 28.2 Å². The minimum absolute atomic E-state index is 0.0110. The molecular formula is C15H20Cl2N2O5S2. The van der Waals surface area contributed by atoms with Gasteiger partial charge in [-0.05, 0) is 18.1 Å². The number of nitrogens with zero attached hydrogens (tertiary/aromatic N) is 1. The Labute approximate surface area is 163 Å². The zero-order valence-electron chi connectivity index (χ0n) is 14.3. The van der Waals surface area contributed by atoms with Crippen LogP contribution in [0.5, 0.6) is 0 Å². The molecule has 1 heterocycles. The van der Waals surface area contributed by atoms with E-state index in [1.165, 1.54) is 23.1 Å². The van der Waals surface area contributed by atoms with Crippen LogP contribution in [0.3, 0.4) is 0 Å². The summed E-state index contributed by atoms with van der Waals surface area (Å²) < 4.78 is 50.9. The van der Waals surface area contributed by atoms with Crippen LogP contribution in [0.25, 0.3) is 0 Å². The van der Waals surface area contributed by atoms with E-state index in [-0.39, 0.29) is 39.7 Å². The van der Waals surface area contributed by atoms with E-state index in [4.69, 9.17) is 23.2 Å². The number of hydrogen-bond acceptors (Lipinski definition) is 5. The zero-order chi connectivity index (χ0) is 19.7. The Morgan fingerprint density at radius 2 is 1.73 bits per heavy atom. The summed E-state index contributed by atoms with van der Waals surface area (Å²) in [6.07, 6.45) is 0. The fraction of sp³-hybridized carbons (Fsp3) is 0.533. The number of halogens is 2. The van der Waals surface area contributed by atoms with Crippen LogP contribution in [0, 0.1) is 5.92 Å². The molecule has 0 aromatic heterocycles. The van der Waals surface area contributed by atoms with E-state index in [9.17, 15) is 21.6 Å². The second-order valence-corrected chi connectivity index (χ2v) is 11.4. The van der Waals surface area contributed by atoms with E-state index in [0.29, 0.717) is 0 Å². The van der Waals surface area contributed by atoms with Crippen molar-refractivity contribution in [2.75, 3.05) is 25.4 Å². The smallest absolute Gasteiger partial charge is 0.244 e. The second kappa shape index (κ2) is 8.02. The number of rotatable bonds is 7. The standard InChI is InChI=1S/C15H20Cl2N2O5S2/c1-10(2)9-25(21,22)11-7-19(8-11)14(20)6-18-26(23,24)15-12(16)4-3-5-13(15)17/h3-5,10-11,18H,6-9H2,1-2H3. The molecule has 0 atom stereocenters. The Bertz CT molecular complexity index is 874. The lowest BCUT2D eigenvalue weighted by Crippen LogP contribution is -2.59. The summed E-state index contributed by atoms with van der Waals surface area (Å²) in [6, 6.07) is 4.26. The molecule has 11 heteroatoms. The van der Waals surface area contributed by atoms with Gasteiger partial charge in [-0.2, -0.15) is 0 Å². The van der Waals surface area contributed by atoms with Gasteiger partial charge in [0.05, 0.1) is 27.6 Å². The van der Waals surface area contributed by atoms with E-state index in [0.717, 1.165) is 0 Å². The molecule has 1 aromatic carbocycles. The topological polar surface area (TPSA) is 101 Å². The van der Waals surface area contributed by atoms with E-state index in [1.54, 1.807) is 0 Å². The number of sulfonamides is 1. The predicted octanol–water partition coefficient (Wildman–Crippen LogP) is 1.55. The first-order valence-electron chi connectivity index (χ1n) is 7.87. The molecular weight excluding hydrogens is 423 g/mol. The first kappa shape index (κ1) is 21.4. The van der Waals surface area contributed by atoms with Crippen LogP contribution in [-0.2, 0) is 24.7 Å². The molecule has 0 bridgehead atoms. The van der Waals surface area contributed by atoms with Crippen LogP contribution in [-0.4, -0.2) is 58.3 Å². The molecule has 1 amide bonds. The van der Waals surface area contributed by atoms with Crippen molar-refractivity contribution in [1.29, 1.82) is 0 Å². The monoisotopic (exact) mass is 442 g/mol. The lowest BCUT2D eigenvalue weighted by atomic mass is 10.2. The fourth-order valence-corrected chi connectivity index (χ4v) is 6.68. The summed E-state index contributed by atoms with van der Waals surface area (Å²) >= 11 is 11.8. The third-order valence-corrected chi connectivity index (χ3v) is 8.68. The van der Waals surface area contributed by atoms with Crippen LogP contribution < -0.4 is 4.72 Å². The number of carbonyl (C=O) groups excluding carboxylic acids is 1. The molecule has 0 radical (unpaired) electrons. The lowest BCUT2D eigenvalue weighted by Gasteiger charge is -2.39. The number of carbonyl (C=O) groups is 1. The van der Waals surface area contributed by atoms with Gasteiger partial charge < -0.3 is 4.90 Å². The van der Waals surface area contributed by atoms with Crippen LogP contribution in [0.1, 0.15) is 13.8 Å². The van der Waals surface area contributed by atoms with Gasteiger partial charge in [0.25, 0.3) is 0 Å². The van der Waals surface area contributed by atoms with Crippen molar-refractivity contribution in [2.24, 2.45) is 5.92 Å². The summed E-state index contributed by atoms with van der Waals surface area (Å²) in [5, 5.41) is -0.703. The van der Waals surface area contributed by atoms with Crippen molar-refractivity contribution in [3.63, 3.8) is 0 Å². The van der Waals surface area contributed by atoms with Gasteiger partial charge in [0.15, 0.2) is 9.84 Å². The van der Waals surface area contributed by atoms with Crippen LogP contribution in [0.2, 0.25) is 10.0 Å². The van der Waals surface area contributed by atoms with Gasteiger partial charge >= 0.3 is 0 Å². The summed E-state index contributed by atoms with van der Waals surface area (Å²) in [5.74, 6) is -0.429. The van der Waals surface area contributed by atoms with Gasteiger partial charge in [0, 0.05) is 13.1 Å². The summed E-state index contributed by atoms with van der Waals surface area (Å²) in [7, 11) is -7.33. The lowest BCUT2D eigenvalue weighted by molar-refractivity contribution is -0.133. The van der Waals surface area contributed by atoms with Crippen molar-refractivity contribution in [2.45, 2.75) is 24.0 Å². The highest BCUT2D eigenvalue weighted by Crippen LogP contribution is 2.28. The molecule has 0 aliphatic carbocycles. The number of amides is 1. The SMILES string of the molecule is CC(C)CS(=O)(=O)C1CN(C(=O)CNS(=O)(=O)c2c(Cl)cccc2Cl)C1. The highest BCUT2D eigenvalue weighted by molar-refractivity contribution is 7.92. The Hall–Kier alpha value is -0.870. The van der Waals surface area contributed by atoms with E-state index in [2.05, 4.69) is 4.72 Å². The molecule has 1 aliphatic rings. The third kappa shape index (κ3) is 4.89. The second-order valence-electron chi connectivity index (χ2n) is 6.52. The van der Waals surface area contributed by atoms with Gasteiger partial charge in [-0.1, -0.05) is 43.1 Å². The molecule has 1 fully saturated rings. The highest BCUT2D eigenvalue weighted by atomic mass is 35.5. The molecule has 0 saturated carbocycles. The van der Waals surface area contributed by atoms with Gasteiger partial charge in [0.1, 0.15) is 4.90 Å². The molecule has 1 aromatic rings. The van der Waals surface area contributed by atoms with E-state index < -0.39 is 37.6 Å². The largest absolute Gasteiger partial charge is 0.339 e. The maximum atomic E-state index is 12.3. The molecule has 0 spiro atoms. The molecule has 7 nitrogen and oxygen atoms in total. The van der Waals surface area contributed by atoms with Crippen molar-refractivity contribution >= 4 is 49.0 Å². The Kier molecular flexibility index (Phi) is 6.61. The first-order chi connectivity index (χ1) is 11.9. The molecule has 1 N–H and O–H groups in total.